The first kappa shape index (κ1) is 19.3. The van der Waals surface area contributed by atoms with Gasteiger partial charge in [0.15, 0.2) is 0 Å². The SMILES string of the molecule is CCC(CC)(CN)NS(=O)(=O)c1ccc(F)c(C)c1.Cl. The minimum Gasteiger partial charge on any atom is -0.329 e. The van der Waals surface area contributed by atoms with E-state index < -0.39 is 21.4 Å². The Kier molecular flexibility index (Phi) is 7.10. The number of nitrogens with two attached hydrogens (primary N) is 1. The number of sulfonamides is 1. The fourth-order valence-corrected chi connectivity index (χ4v) is 3.49. The standard InChI is InChI=1S/C13H21FN2O2S.ClH/c1-4-13(5-2,9-15)16-19(17,18)11-6-7-12(14)10(3)8-11;/h6-8,16H,4-5,9,15H2,1-3H3;1H. The van der Waals surface area contributed by atoms with Crippen molar-refractivity contribution in [2.45, 2.75) is 44.0 Å². The molecule has 3 N–H and O–H groups in total. The second-order valence-electron chi connectivity index (χ2n) is 4.71. The Balaban J connectivity index is 0.00000361. The summed E-state index contributed by atoms with van der Waals surface area (Å²) in [6, 6.07) is 3.74. The van der Waals surface area contributed by atoms with E-state index in [0.717, 1.165) is 6.07 Å². The van der Waals surface area contributed by atoms with Crippen LogP contribution in [0.2, 0.25) is 0 Å². The lowest BCUT2D eigenvalue weighted by Gasteiger charge is -2.31. The number of hydrogen-bond donors (Lipinski definition) is 2. The third kappa shape index (κ3) is 4.15. The maximum absolute atomic E-state index is 13.2. The molecule has 0 unspecified atom stereocenters. The summed E-state index contributed by atoms with van der Waals surface area (Å²) in [5, 5.41) is 0. The monoisotopic (exact) mass is 324 g/mol. The third-order valence-electron chi connectivity index (χ3n) is 3.53. The molecule has 7 heteroatoms. The molecule has 0 aromatic heterocycles. The normalized spacial score (nSPS) is 12.1. The molecule has 0 fully saturated rings. The first-order chi connectivity index (χ1) is 8.80. The van der Waals surface area contributed by atoms with Crippen molar-refractivity contribution in [3.8, 4) is 0 Å². The summed E-state index contributed by atoms with van der Waals surface area (Å²) in [5.41, 5.74) is 5.33. The van der Waals surface area contributed by atoms with E-state index in [1.54, 1.807) is 0 Å². The molecule has 0 aliphatic carbocycles. The van der Waals surface area contributed by atoms with E-state index in [-0.39, 0.29) is 23.8 Å². The first-order valence-corrected chi connectivity index (χ1v) is 7.78. The Labute approximate surface area is 126 Å². The fourth-order valence-electron chi connectivity index (χ4n) is 1.85. The molecule has 0 radical (unpaired) electrons. The van der Waals surface area contributed by atoms with Gasteiger partial charge in [0.25, 0.3) is 0 Å². The van der Waals surface area contributed by atoms with Gasteiger partial charge in [-0.25, -0.2) is 17.5 Å². The number of benzene rings is 1. The van der Waals surface area contributed by atoms with Gasteiger partial charge in [0.1, 0.15) is 5.82 Å². The van der Waals surface area contributed by atoms with Crippen LogP contribution in [-0.4, -0.2) is 20.5 Å². The highest BCUT2D eigenvalue weighted by Gasteiger charge is 2.30. The molecule has 0 amide bonds. The van der Waals surface area contributed by atoms with E-state index in [4.69, 9.17) is 5.73 Å². The van der Waals surface area contributed by atoms with Crippen LogP contribution in [0.1, 0.15) is 32.3 Å². The smallest absolute Gasteiger partial charge is 0.241 e. The Morgan fingerprint density at radius 2 is 1.85 bits per heavy atom. The lowest BCUT2D eigenvalue weighted by atomic mass is 9.95. The summed E-state index contributed by atoms with van der Waals surface area (Å²) in [7, 11) is -3.69. The van der Waals surface area contributed by atoms with Crippen molar-refractivity contribution in [3.63, 3.8) is 0 Å². The van der Waals surface area contributed by atoms with Crippen molar-refractivity contribution in [1.29, 1.82) is 0 Å². The van der Waals surface area contributed by atoms with E-state index in [1.165, 1.54) is 19.1 Å². The van der Waals surface area contributed by atoms with Gasteiger partial charge >= 0.3 is 0 Å². The molecule has 4 nitrogen and oxygen atoms in total. The van der Waals surface area contributed by atoms with Crippen LogP contribution in [-0.2, 0) is 10.0 Å². The second kappa shape index (κ2) is 7.36. The molecule has 1 aromatic carbocycles. The summed E-state index contributed by atoms with van der Waals surface area (Å²) in [5.74, 6) is -0.421. The maximum Gasteiger partial charge on any atom is 0.241 e. The molecule has 0 atom stereocenters. The molecule has 0 aliphatic rings. The van der Waals surface area contributed by atoms with E-state index in [2.05, 4.69) is 4.72 Å². The first-order valence-electron chi connectivity index (χ1n) is 6.30. The number of halogens is 2. The van der Waals surface area contributed by atoms with Gasteiger partial charge in [0.05, 0.1) is 4.90 Å². The van der Waals surface area contributed by atoms with E-state index in [1.807, 2.05) is 13.8 Å². The molecule has 116 valence electrons. The molecule has 0 saturated carbocycles. The average molecular weight is 325 g/mol. The number of rotatable bonds is 6. The molecule has 0 saturated heterocycles. The molecular formula is C13H22ClFN2O2S. The highest BCUT2D eigenvalue weighted by molar-refractivity contribution is 7.89. The van der Waals surface area contributed by atoms with Gasteiger partial charge < -0.3 is 5.73 Å². The summed E-state index contributed by atoms with van der Waals surface area (Å²) < 4.78 is 40.4. The van der Waals surface area contributed by atoms with E-state index >= 15 is 0 Å². The maximum atomic E-state index is 13.2. The summed E-state index contributed by atoms with van der Waals surface area (Å²) in [4.78, 5) is 0.0612. The number of aryl methyl sites for hydroxylation is 1. The van der Waals surface area contributed by atoms with Gasteiger partial charge in [-0.3, -0.25) is 0 Å². The second-order valence-corrected chi connectivity index (χ2v) is 6.39. The average Bonchev–Trinajstić information content (AvgIpc) is 2.39. The molecule has 0 heterocycles. The van der Waals surface area contributed by atoms with Crippen LogP contribution in [0.5, 0.6) is 0 Å². The molecule has 0 bridgehead atoms. The van der Waals surface area contributed by atoms with Gasteiger partial charge in [0, 0.05) is 12.1 Å². The molecule has 0 aliphatic heterocycles. The van der Waals surface area contributed by atoms with Gasteiger partial charge in [-0.05, 0) is 43.5 Å². The molecule has 1 aromatic rings. The zero-order chi connectivity index (χ0) is 14.7. The van der Waals surface area contributed by atoms with Crippen LogP contribution in [0.15, 0.2) is 23.1 Å². The quantitative estimate of drug-likeness (QED) is 0.843. The number of hydrogen-bond acceptors (Lipinski definition) is 3. The van der Waals surface area contributed by atoms with Crippen molar-refractivity contribution < 1.29 is 12.8 Å². The minimum absolute atomic E-state index is 0. The van der Waals surface area contributed by atoms with Crippen LogP contribution >= 0.6 is 12.4 Å². The van der Waals surface area contributed by atoms with Crippen LogP contribution in [0.25, 0.3) is 0 Å². The molecule has 1 rings (SSSR count). The highest BCUT2D eigenvalue weighted by Crippen LogP contribution is 2.20. The molecule has 20 heavy (non-hydrogen) atoms. The predicted octanol–water partition coefficient (Wildman–Crippen LogP) is 2.35. The third-order valence-corrected chi connectivity index (χ3v) is 5.11. The minimum atomic E-state index is -3.69. The Morgan fingerprint density at radius 3 is 2.25 bits per heavy atom. The highest BCUT2D eigenvalue weighted by atomic mass is 35.5. The zero-order valence-corrected chi connectivity index (χ0v) is 13.6. The Morgan fingerprint density at radius 1 is 1.30 bits per heavy atom. The van der Waals surface area contributed by atoms with Gasteiger partial charge in [-0.15, -0.1) is 12.4 Å². The van der Waals surface area contributed by atoms with Crippen molar-refractivity contribution in [3.05, 3.63) is 29.6 Å². The van der Waals surface area contributed by atoms with Gasteiger partial charge in [-0.2, -0.15) is 0 Å². The summed E-state index contributed by atoms with van der Waals surface area (Å²) in [6.07, 6.45) is 1.19. The lowest BCUT2D eigenvalue weighted by Crippen LogP contribution is -2.52. The van der Waals surface area contributed by atoms with Crippen LogP contribution in [0, 0.1) is 12.7 Å². The van der Waals surface area contributed by atoms with Crippen molar-refractivity contribution in [1.82, 2.24) is 4.72 Å². The van der Waals surface area contributed by atoms with Crippen molar-refractivity contribution >= 4 is 22.4 Å². The molecule has 0 spiro atoms. The fraction of sp³-hybridized carbons (Fsp3) is 0.538. The zero-order valence-electron chi connectivity index (χ0n) is 11.9. The molecular weight excluding hydrogens is 303 g/mol. The number of nitrogens with one attached hydrogen (secondary N) is 1. The Hall–Kier alpha value is -0.690. The van der Waals surface area contributed by atoms with Crippen LogP contribution < -0.4 is 10.5 Å². The summed E-state index contributed by atoms with van der Waals surface area (Å²) >= 11 is 0. The van der Waals surface area contributed by atoms with Crippen molar-refractivity contribution in [2.24, 2.45) is 5.73 Å². The van der Waals surface area contributed by atoms with Gasteiger partial charge in [0.2, 0.25) is 10.0 Å². The predicted molar refractivity (Wildman–Crippen MR) is 81.1 cm³/mol. The van der Waals surface area contributed by atoms with Crippen LogP contribution in [0.4, 0.5) is 4.39 Å². The van der Waals surface area contributed by atoms with E-state index in [9.17, 15) is 12.8 Å². The largest absolute Gasteiger partial charge is 0.329 e. The Bertz CT molecular complexity index is 537. The summed E-state index contributed by atoms with van der Waals surface area (Å²) in [6.45, 7) is 5.52. The topological polar surface area (TPSA) is 72.2 Å². The lowest BCUT2D eigenvalue weighted by molar-refractivity contribution is 0.363. The van der Waals surface area contributed by atoms with E-state index in [0.29, 0.717) is 18.4 Å². The van der Waals surface area contributed by atoms with Crippen LogP contribution in [0.3, 0.4) is 0 Å². The van der Waals surface area contributed by atoms with Gasteiger partial charge in [-0.1, -0.05) is 13.8 Å². The van der Waals surface area contributed by atoms with Crippen molar-refractivity contribution in [2.75, 3.05) is 6.54 Å².